The van der Waals surface area contributed by atoms with Gasteiger partial charge in [0.15, 0.2) is 11.6 Å². The van der Waals surface area contributed by atoms with Gasteiger partial charge in [0, 0.05) is 18.8 Å². The van der Waals surface area contributed by atoms with E-state index in [-0.39, 0.29) is 5.82 Å². The van der Waals surface area contributed by atoms with E-state index in [1.54, 1.807) is 12.1 Å². The minimum atomic E-state index is -0.317. The molecule has 1 aromatic heterocycles. The van der Waals surface area contributed by atoms with Crippen molar-refractivity contribution in [3.05, 3.63) is 42.0 Å². The third kappa shape index (κ3) is 2.97. The van der Waals surface area contributed by atoms with Crippen molar-refractivity contribution in [3.63, 3.8) is 0 Å². The van der Waals surface area contributed by atoms with Crippen LogP contribution in [-0.2, 0) is 4.74 Å². The molecule has 0 radical (unpaired) electrons. The molecule has 2 heterocycles. The van der Waals surface area contributed by atoms with E-state index in [4.69, 9.17) is 4.74 Å². The van der Waals surface area contributed by atoms with Gasteiger partial charge in [-0.05, 0) is 24.3 Å². The number of morpholine rings is 1. The molecular formula is C15H14FN5O. The highest BCUT2D eigenvalue weighted by molar-refractivity contribution is 5.70. The van der Waals surface area contributed by atoms with Crippen LogP contribution in [0.2, 0.25) is 0 Å². The van der Waals surface area contributed by atoms with E-state index in [0.717, 1.165) is 0 Å². The van der Waals surface area contributed by atoms with Crippen LogP contribution < -0.4 is 10.2 Å². The summed E-state index contributed by atoms with van der Waals surface area (Å²) in [4.78, 5) is 10.4. The van der Waals surface area contributed by atoms with E-state index in [2.05, 4.69) is 21.4 Å². The first-order valence-electron chi connectivity index (χ1n) is 6.88. The number of hydrogen-bond donors (Lipinski definition) is 1. The molecule has 2 aromatic rings. The Hall–Kier alpha value is -2.72. The van der Waals surface area contributed by atoms with Gasteiger partial charge in [-0.25, -0.2) is 14.4 Å². The Morgan fingerprint density at radius 3 is 2.59 bits per heavy atom. The van der Waals surface area contributed by atoms with Gasteiger partial charge >= 0.3 is 0 Å². The minimum Gasteiger partial charge on any atom is -0.378 e. The number of nitrogens with zero attached hydrogens (tertiary/aromatic N) is 4. The van der Waals surface area contributed by atoms with Crippen LogP contribution >= 0.6 is 0 Å². The standard InChI is InChI=1S/C15H14FN5O/c16-11-1-3-12(4-2-11)20-14-13(9-17)15(19-10-18-14)21-5-7-22-8-6-21/h1-4,10H,5-8H2,(H,18,19,20). The molecule has 3 rings (SSSR count). The maximum absolute atomic E-state index is 13.0. The fraction of sp³-hybridized carbons (Fsp3) is 0.267. The highest BCUT2D eigenvalue weighted by Crippen LogP contribution is 2.25. The van der Waals surface area contributed by atoms with Crippen LogP contribution in [0.15, 0.2) is 30.6 Å². The molecule has 1 fully saturated rings. The number of nitrogens with one attached hydrogen (secondary N) is 1. The molecular weight excluding hydrogens is 285 g/mol. The number of ether oxygens (including phenoxy) is 1. The van der Waals surface area contributed by atoms with E-state index >= 15 is 0 Å². The van der Waals surface area contributed by atoms with Crippen molar-refractivity contribution in [1.82, 2.24) is 9.97 Å². The number of halogens is 1. The molecule has 112 valence electrons. The molecule has 6 nitrogen and oxygen atoms in total. The van der Waals surface area contributed by atoms with Gasteiger partial charge in [0.05, 0.1) is 13.2 Å². The monoisotopic (exact) mass is 299 g/mol. The summed E-state index contributed by atoms with van der Waals surface area (Å²) in [6.07, 6.45) is 1.41. The van der Waals surface area contributed by atoms with Gasteiger partial charge in [0.2, 0.25) is 0 Å². The van der Waals surface area contributed by atoms with Gasteiger partial charge < -0.3 is 15.0 Å². The molecule has 1 aromatic carbocycles. The van der Waals surface area contributed by atoms with Gasteiger partial charge in [-0.1, -0.05) is 0 Å². The quantitative estimate of drug-likeness (QED) is 0.935. The largest absolute Gasteiger partial charge is 0.378 e. The van der Waals surface area contributed by atoms with Crippen LogP contribution in [0.25, 0.3) is 0 Å². The number of anilines is 3. The SMILES string of the molecule is N#Cc1c(Nc2ccc(F)cc2)ncnc1N1CCOCC1. The predicted molar refractivity (Wildman–Crippen MR) is 79.5 cm³/mol. The summed E-state index contributed by atoms with van der Waals surface area (Å²) in [5.41, 5.74) is 1.03. The van der Waals surface area contributed by atoms with Gasteiger partial charge in [0.25, 0.3) is 0 Å². The van der Waals surface area contributed by atoms with E-state index in [9.17, 15) is 9.65 Å². The third-order valence-corrected chi connectivity index (χ3v) is 3.36. The maximum atomic E-state index is 13.0. The lowest BCUT2D eigenvalue weighted by molar-refractivity contribution is 0.122. The zero-order valence-corrected chi connectivity index (χ0v) is 11.8. The number of benzene rings is 1. The molecule has 1 saturated heterocycles. The molecule has 22 heavy (non-hydrogen) atoms. The van der Waals surface area contributed by atoms with Crippen molar-refractivity contribution in [3.8, 4) is 6.07 Å². The molecule has 0 aliphatic carbocycles. The van der Waals surface area contributed by atoms with Gasteiger partial charge in [-0.15, -0.1) is 0 Å². The average Bonchev–Trinajstić information content (AvgIpc) is 2.57. The second-order valence-electron chi connectivity index (χ2n) is 4.76. The van der Waals surface area contributed by atoms with Gasteiger partial charge in [0.1, 0.15) is 23.8 Å². The predicted octanol–water partition coefficient (Wildman–Crippen LogP) is 2.07. The van der Waals surface area contributed by atoms with Crippen molar-refractivity contribution < 1.29 is 9.13 Å². The van der Waals surface area contributed by atoms with Crippen LogP contribution in [0, 0.1) is 17.1 Å². The lowest BCUT2D eigenvalue weighted by Gasteiger charge is -2.28. The Balaban J connectivity index is 1.91. The molecule has 1 aliphatic rings. The first-order valence-corrected chi connectivity index (χ1v) is 6.88. The summed E-state index contributed by atoms with van der Waals surface area (Å²) in [5.74, 6) is 0.679. The van der Waals surface area contributed by atoms with E-state index in [1.165, 1.54) is 18.5 Å². The number of rotatable bonds is 3. The normalized spacial score (nSPS) is 14.5. The second kappa shape index (κ2) is 6.37. The summed E-state index contributed by atoms with van der Waals surface area (Å²) in [6, 6.07) is 8.02. The van der Waals surface area contributed by atoms with E-state index < -0.39 is 0 Å². The summed E-state index contributed by atoms with van der Waals surface area (Å²) >= 11 is 0. The molecule has 7 heteroatoms. The molecule has 0 spiro atoms. The van der Waals surface area contributed by atoms with Crippen LogP contribution in [0.5, 0.6) is 0 Å². The zero-order chi connectivity index (χ0) is 15.4. The summed E-state index contributed by atoms with van der Waals surface area (Å²) in [6.45, 7) is 2.58. The second-order valence-corrected chi connectivity index (χ2v) is 4.76. The zero-order valence-electron chi connectivity index (χ0n) is 11.8. The summed E-state index contributed by atoms with van der Waals surface area (Å²) in [5, 5.41) is 12.5. The molecule has 0 amide bonds. The van der Waals surface area contributed by atoms with Crippen molar-refractivity contribution in [2.45, 2.75) is 0 Å². The Bertz CT molecular complexity index is 692. The number of aromatic nitrogens is 2. The van der Waals surface area contributed by atoms with Crippen molar-refractivity contribution in [1.29, 1.82) is 5.26 Å². The Kier molecular flexibility index (Phi) is 4.12. The molecule has 1 aliphatic heterocycles. The highest BCUT2D eigenvalue weighted by atomic mass is 19.1. The number of hydrogen-bond acceptors (Lipinski definition) is 6. The molecule has 0 saturated carbocycles. The van der Waals surface area contributed by atoms with Gasteiger partial charge in [-0.2, -0.15) is 5.26 Å². The van der Waals surface area contributed by atoms with E-state index in [0.29, 0.717) is 49.2 Å². The van der Waals surface area contributed by atoms with Crippen LogP contribution in [0.3, 0.4) is 0 Å². The lowest BCUT2D eigenvalue weighted by Crippen LogP contribution is -2.37. The van der Waals surface area contributed by atoms with E-state index in [1.807, 2.05) is 4.90 Å². The average molecular weight is 299 g/mol. The van der Waals surface area contributed by atoms with Crippen molar-refractivity contribution in [2.24, 2.45) is 0 Å². The molecule has 0 unspecified atom stereocenters. The third-order valence-electron chi connectivity index (χ3n) is 3.36. The first kappa shape index (κ1) is 14.2. The number of nitriles is 1. The molecule has 0 bridgehead atoms. The topological polar surface area (TPSA) is 74.1 Å². The van der Waals surface area contributed by atoms with Crippen LogP contribution in [0.4, 0.5) is 21.7 Å². The van der Waals surface area contributed by atoms with Gasteiger partial charge in [-0.3, -0.25) is 0 Å². The van der Waals surface area contributed by atoms with Crippen LogP contribution in [0.1, 0.15) is 5.56 Å². The van der Waals surface area contributed by atoms with Crippen molar-refractivity contribution in [2.75, 3.05) is 36.5 Å². The minimum absolute atomic E-state index is 0.317. The lowest BCUT2D eigenvalue weighted by atomic mass is 10.2. The first-order chi connectivity index (χ1) is 10.8. The fourth-order valence-electron chi connectivity index (χ4n) is 2.26. The fourth-order valence-corrected chi connectivity index (χ4v) is 2.26. The Morgan fingerprint density at radius 2 is 1.91 bits per heavy atom. The Labute approximate surface area is 127 Å². The summed E-state index contributed by atoms with van der Waals surface area (Å²) < 4.78 is 18.3. The smallest absolute Gasteiger partial charge is 0.153 e. The molecule has 1 N–H and O–H groups in total. The maximum Gasteiger partial charge on any atom is 0.153 e. The Morgan fingerprint density at radius 1 is 1.18 bits per heavy atom. The molecule has 0 atom stereocenters. The summed E-state index contributed by atoms with van der Waals surface area (Å²) in [7, 11) is 0. The van der Waals surface area contributed by atoms with Crippen LogP contribution in [-0.4, -0.2) is 36.3 Å². The highest BCUT2D eigenvalue weighted by Gasteiger charge is 2.19. The van der Waals surface area contributed by atoms with Crippen molar-refractivity contribution >= 4 is 17.3 Å².